The third-order valence-electron chi connectivity index (χ3n) is 2.57. The zero-order valence-corrected chi connectivity index (χ0v) is 13.0. The summed E-state index contributed by atoms with van der Waals surface area (Å²) >= 11 is 2.03. The van der Waals surface area contributed by atoms with Crippen molar-refractivity contribution in [3.63, 3.8) is 0 Å². The van der Waals surface area contributed by atoms with E-state index in [0.29, 0.717) is 20.6 Å². The quantitative estimate of drug-likeness (QED) is 0.611. The number of rotatable bonds is 5. The number of carbonyl (C=O) groups is 1. The van der Waals surface area contributed by atoms with E-state index in [4.69, 9.17) is 15.7 Å². The Bertz CT molecular complexity index is 488. The van der Waals surface area contributed by atoms with Crippen molar-refractivity contribution in [2.75, 3.05) is 12.3 Å². The van der Waals surface area contributed by atoms with Gasteiger partial charge >= 0.3 is 0 Å². The van der Waals surface area contributed by atoms with Gasteiger partial charge in [-0.05, 0) is 48.1 Å². The molecule has 6 heteroatoms. The fraction of sp³-hybridized carbons (Fsp3) is 0.385. The van der Waals surface area contributed by atoms with Gasteiger partial charge in [-0.25, -0.2) is 0 Å². The van der Waals surface area contributed by atoms with E-state index in [0.717, 1.165) is 6.42 Å². The molecular formula is C13H16IN3O2. The number of nitriles is 1. The van der Waals surface area contributed by atoms with E-state index < -0.39 is 0 Å². The van der Waals surface area contributed by atoms with Crippen molar-refractivity contribution in [1.82, 2.24) is 5.32 Å². The number of nitrogens with zero attached hydrogens (tertiary/aromatic N) is 1. The SMILES string of the molecule is CCC(C)NC(=O)COc1c(N)cc(C#N)cc1I. The van der Waals surface area contributed by atoms with Gasteiger partial charge in [-0.3, -0.25) is 4.79 Å². The maximum Gasteiger partial charge on any atom is 0.258 e. The predicted octanol–water partition coefficient (Wildman–Crippen LogP) is 2.04. The summed E-state index contributed by atoms with van der Waals surface area (Å²) in [6, 6.07) is 5.33. The normalized spacial score (nSPS) is 11.5. The Morgan fingerprint density at radius 2 is 2.32 bits per heavy atom. The Hall–Kier alpha value is -1.49. The van der Waals surface area contributed by atoms with E-state index in [1.54, 1.807) is 6.07 Å². The van der Waals surface area contributed by atoms with Gasteiger partial charge in [-0.1, -0.05) is 6.92 Å². The van der Waals surface area contributed by atoms with Gasteiger partial charge in [0.25, 0.3) is 5.91 Å². The first kappa shape index (κ1) is 15.6. The van der Waals surface area contributed by atoms with Crippen LogP contribution in [0.1, 0.15) is 25.8 Å². The van der Waals surface area contributed by atoms with Crippen molar-refractivity contribution in [2.24, 2.45) is 0 Å². The van der Waals surface area contributed by atoms with Crippen molar-refractivity contribution >= 4 is 34.2 Å². The molecule has 1 rings (SSSR count). The smallest absolute Gasteiger partial charge is 0.258 e. The van der Waals surface area contributed by atoms with Gasteiger partial charge in [0.2, 0.25) is 0 Å². The highest BCUT2D eigenvalue weighted by Gasteiger charge is 2.11. The average molecular weight is 373 g/mol. The van der Waals surface area contributed by atoms with Crippen LogP contribution < -0.4 is 15.8 Å². The van der Waals surface area contributed by atoms with Gasteiger partial charge in [0.15, 0.2) is 12.4 Å². The van der Waals surface area contributed by atoms with Crippen LogP contribution in [0.3, 0.4) is 0 Å². The lowest BCUT2D eigenvalue weighted by Crippen LogP contribution is -2.35. The maximum atomic E-state index is 11.6. The van der Waals surface area contributed by atoms with Gasteiger partial charge in [-0.2, -0.15) is 5.26 Å². The highest BCUT2D eigenvalue weighted by atomic mass is 127. The summed E-state index contributed by atoms with van der Waals surface area (Å²) in [4.78, 5) is 11.6. The monoisotopic (exact) mass is 373 g/mol. The van der Waals surface area contributed by atoms with Gasteiger partial charge in [0.1, 0.15) is 0 Å². The van der Waals surface area contributed by atoms with Crippen molar-refractivity contribution in [3.05, 3.63) is 21.3 Å². The second kappa shape index (κ2) is 7.19. The molecule has 0 saturated carbocycles. The van der Waals surface area contributed by atoms with E-state index in [1.807, 2.05) is 42.5 Å². The number of anilines is 1. The summed E-state index contributed by atoms with van der Waals surface area (Å²) in [5, 5.41) is 11.6. The van der Waals surface area contributed by atoms with E-state index in [9.17, 15) is 4.79 Å². The molecule has 0 aromatic heterocycles. The molecule has 0 aliphatic heterocycles. The second-order valence-corrected chi connectivity index (χ2v) is 5.32. The number of nitrogens with two attached hydrogens (primary N) is 1. The standard InChI is InChI=1S/C13H16IN3O2/c1-3-8(2)17-12(18)7-19-13-10(14)4-9(6-15)5-11(13)16/h4-5,8H,3,7,16H2,1-2H3,(H,17,18). The van der Waals surface area contributed by atoms with Crippen LogP contribution in [0.5, 0.6) is 5.75 Å². The van der Waals surface area contributed by atoms with Gasteiger partial charge in [0.05, 0.1) is 20.9 Å². The molecule has 1 unspecified atom stereocenters. The van der Waals surface area contributed by atoms with Crippen molar-refractivity contribution in [2.45, 2.75) is 26.3 Å². The van der Waals surface area contributed by atoms with Gasteiger partial charge < -0.3 is 15.8 Å². The second-order valence-electron chi connectivity index (χ2n) is 4.15. The molecule has 3 N–H and O–H groups in total. The minimum absolute atomic E-state index is 0.0869. The molecular weight excluding hydrogens is 357 g/mol. The number of nitrogen functional groups attached to an aromatic ring is 1. The van der Waals surface area contributed by atoms with E-state index in [-0.39, 0.29) is 18.6 Å². The van der Waals surface area contributed by atoms with Crippen molar-refractivity contribution < 1.29 is 9.53 Å². The summed E-state index contributed by atoms with van der Waals surface area (Å²) in [6.45, 7) is 3.83. The summed E-state index contributed by atoms with van der Waals surface area (Å²) in [6.07, 6.45) is 0.863. The minimum atomic E-state index is -0.186. The Labute approximate surface area is 126 Å². The fourth-order valence-electron chi connectivity index (χ4n) is 1.39. The zero-order chi connectivity index (χ0) is 14.4. The summed E-state index contributed by atoms with van der Waals surface area (Å²) in [5.41, 5.74) is 6.63. The third kappa shape index (κ3) is 4.59. The van der Waals surface area contributed by atoms with Crippen LogP contribution in [0.15, 0.2) is 12.1 Å². The Balaban J connectivity index is 2.69. The highest BCUT2D eigenvalue weighted by Crippen LogP contribution is 2.29. The minimum Gasteiger partial charge on any atom is -0.480 e. The lowest BCUT2D eigenvalue weighted by molar-refractivity contribution is -0.123. The number of nitrogens with one attached hydrogen (secondary N) is 1. The number of ether oxygens (including phenoxy) is 1. The Morgan fingerprint density at radius 3 is 2.84 bits per heavy atom. The van der Waals surface area contributed by atoms with Gasteiger partial charge in [-0.15, -0.1) is 0 Å². The lowest BCUT2D eigenvalue weighted by Gasteiger charge is -2.14. The Kier molecular flexibility index (Phi) is 5.89. The third-order valence-corrected chi connectivity index (χ3v) is 3.37. The molecule has 0 bridgehead atoms. The molecule has 1 aromatic rings. The molecule has 5 nitrogen and oxygen atoms in total. The number of carbonyl (C=O) groups excluding carboxylic acids is 1. The van der Waals surface area contributed by atoms with Crippen molar-refractivity contribution in [1.29, 1.82) is 5.26 Å². The highest BCUT2D eigenvalue weighted by molar-refractivity contribution is 14.1. The lowest BCUT2D eigenvalue weighted by atomic mass is 10.2. The number of hydrogen-bond acceptors (Lipinski definition) is 4. The van der Waals surface area contributed by atoms with Crippen LogP contribution in [0.25, 0.3) is 0 Å². The molecule has 0 heterocycles. The van der Waals surface area contributed by atoms with Crippen LogP contribution in [0, 0.1) is 14.9 Å². The maximum absolute atomic E-state index is 11.6. The number of hydrogen-bond donors (Lipinski definition) is 2. The van der Waals surface area contributed by atoms with E-state index in [2.05, 4.69) is 5.32 Å². The molecule has 1 aromatic carbocycles. The Morgan fingerprint density at radius 1 is 1.63 bits per heavy atom. The molecule has 0 spiro atoms. The molecule has 1 amide bonds. The van der Waals surface area contributed by atoms with Crippen LogP contribution in [0.4, 0.5) is 5.69 Å². The molecule has 0 fully saturated rings. The first-order valence-electron chi connectivity index (χ1n) is 5.89. The number of halogens is 1. The van der Waals surface area contributed by atoms with Crippen LogP contribution in [0.2, 0.25) is 0 Å². The van der Waals surface area contributed by atoms with E-state index in [1.165, 1.54) is 6.07 Å². The molecule has 1 atom stereocenters. The summed E-state index contributed by atoms with van der Waals surface area (Å²) in [7, 11) is 0. The van der Waals surface area contributed by atoms with Crippen LogP contribution in [-0.2, 0) is 4.79 Å². The summed E-state index contributed by atoms with van der Waals surface area (Å²) < 4.78 is 6.13. The molecule has 0 saturated heterocycles. The first-order chi connectivity index (χ1) is 8.97. The first-order valence-corrected chi connectivity index (χ1v) is 6.97. The average Bonchev–Trinajstić information content (AvgIpc) is 2.37. The molecule has 19 heavy (non-hydrogen) atoms. The predicted molar refractivity (Wildman–Crippen MR) is 81.7 cm³/mol. The molecule has 0 aliphatic rings. The largest absolute Gasteiger partial charge is 0.480 e. The number of benzene rings is 1. The molecule has 0 aliphatic carbocycles. The number of amides is 1. The van der Waals surface area contributed by atoms with Crippen LogP contribution >= 0.6 is 22.6 Å². The van der Waals surface area contributed by atoms with E-state index >= 15 is 0 Å². The fourth-order valence-corrected chi connectivity index (χ4v) is 2.19. The molecule has 102 valence electrons. The van der Waals surface area contributed by atoms with Crippen LogP contribution in [-0.4, -0.2) is 18.6 Å². The van der Waals surface area contributed by atoms with Gasteiger partial charge in [0, 0.05) is 6.04 Å². The topological polar surface area (TPSA) is 88.1 Å². The molecule has 0 radical (unpaired) electrons. The van der Waals surface area contributed by atoms with Crippen molar-refractivity contribution in [3.8, 4) is 11.8 Å². The summed E-state index contributed by atoms with van der Waals surface area (Å²) in [5.74, 6) is 0.257. The zero-order valence-electron chi connectivity index (χ0n) is 10.9.